The summed E-state index contributed by atoms with van der Waals surface area (Å²) in [6.45, 7) is 4.43. The van der Waals surface area contributed by atoms with Crippen LogP contribution in [0.3, 0.4) is 0 Å². The highest BCUT2D eigenvalue weighted by Gasteiger charge is 1.88. The molecule has 2 nitrogen and oxygen atoms in total. The molecule has 0 aliphatic heterocycles. The number of unbranched alkanes of at least 4 members (excludes halogenated alkanes) is 4. The van der Waals surface area contributed by atoms with E-state index in [2.05, 4.69) is 18.3 Å². The largest absolute Gasteiger partial charge is 0.317 e. The third-order valence-corrected chi connectivity index (χ3v) is 1.85. The van der Waals surface area contributed by atoms with E-state index in [4.69, 9.17) is 5.26 Å². The molecule has 0 aromatic carbocycles. The third kappa shape index (κ3) is 14.6. The van der Waals surface area contributed by atoms with Crippen molar-refractivity contribution in [2.75, 3.05) is 13.1 Å². The van der Waals surface area contributed by atoms with Crippen LogP contribution in [0.1, 0.15) is 45.4 Å². The van der Waals surface area contributed by atoms with Crippen LogP contribution < -0.4 is 5.32 Å². The first-order chi connectivity index (χ1) is 5.91. The standard InChI is InChI=1S/C10H20N2.ClH/c1-2-3-6-9-12-10-7-4-5-8-11;/h12H,2-7,9-10H2,1H3;1H. The predicted molar refractivity (Wildman–Crippen MR) is 59.1 cm³/mol. The molecule has 0 aromatic heterocycles. The molecule has 0 unspecified atom stereocenters. The Morgan fingerprint density at radius 1 is 1.08 bits per heavy atom. The van der Waals surface area contributed by atoms with Gasteiger partial charge < -0.3 is 5.32 Å². The van der Waals surface area contributed by atoms with Gasteiger partial charge in [0.25, 0.3) is 0 Å². The van der Waals surface area contributed by atoms with Gasteiger partial charge in [0.05, 0.1) is 6.07 Å². The Morgan fingerprint density at radius 3 is 2.23 bits per heavy atom. The monoisotopic (exact) mass is 204 g/mol. The van der Waals surface area contributed by atoms with Crippen LogP contribution >= 0.6 is 12.4 Å². The molecule has 0 aliphatic rings. The lowest BCUT2D eigenvalue weighted by Gasteiger charge is -2.01. The second kappa shape index (κ2) is 14.3. The molecule has 0 bridgehead atoms. The van der Waals surface area contributed by atoms with Crippen molar-refractivity contribution < 1.29 is 0 Å². The highest BCUT2D eigenvalue weighted by Crippen LogP contribution is 1.93. The van der Waals surface area contributed by atoms with Gasteiger partial charge in [0.2, 0.25) is 0 Å². The van der Waals surface area contributed by atoms with Crippen molar-refractivity contribution in [1.82, 2.24) is 5.32 Å². The van der Waals surface area contributed by atoms with Crippen LogP contribution in [0.4, 0.5) is 0 Å². The Labute approximate surface area is 88.1 Å². The summed E-state index contributed by atoms with van der Waals surface area (Å²) in [5.41, 5.74) is 0. The second-order valence-electron chi connectivity index (χ2n) is 3.07. The molecule has 78 valence electrons. The van der Waals surface area contributed by atoms with Gasteiger partial charge in [0, 0.05) is 6.42 Å². The number of hydrogen-bond donors (Lipinski definition) is 1. The van der Waals surface area contributed by atoms with Gasteiger partial charge in [0.15, 0.2) is 0 Å². The van der Waals surface area contributed by atoms with E-state index in [9.17, 15) is 0 Å². The molecular weight excluding hydrogens is 184 g/mol. The van der Waals surface area contributed by atoms with Crippen molar-refractivity contribution in [3.8, 4) is 6.07 Å². The average Bonchev–Trinajstić information content (AvgIpc) is 2.10. The quantitative estimate of drug-likeness (QED) is 0.618. The highest BCUT2D eigenvalue weighted by molar-refractivity contribution is 5.85. The van der Waals surface area contributed by atoms with Crippen LogP contribution in [0.2, 0.25) is 0 Å². The molecule has 13 heavy (non-hydrogen) atoms. The van der Waals surface area contributed by atoms with Gasteiger partial charge in [-0.3, -0.25) is 0 Å². The van der Waals surface area contributed by atoms with E-state index < -0.39 is 0 Å². The van der Waals surface area contributed by atoms with Crippen LogP contribution in [-0.2, 0) is 0 Å². The lowest BCUT2D eigenvalue weighted by molar-refractivity contribution is 0.589. The Morgan fingerprint density at radius 2 is 1.69 bits per heavy atom. The van der Waals surface area contributed by atoms with Crippen LogP contribution in [0.15, 0.2) is 0 Å². The zero-order valence-corrected chi connectivity index (χ0v) is 9.33. The van der Waals surface area contributed by atoms with E-state index in [1.54, 1.807) is 0 Å². The maximum absolute atomic E-state index is 8.27. The highest BCUT2D eigenvalue weighted by atomic mass is 35.5. The smallest absolute Gasteiger partial charge is 0.0621 e. The van der Waals surface area contributed by atoms with E-state index in [0.29, 0.717) is 6.42 Å². The van der Waals surface area contributed by atoms with Gasteiger partial charge in [0.1, 0.15) is 0 Å². The number of rotatable bonds is 8. The fraction of sp³-hybridized carbons (Fsp3) is 0.900. The molecule has 0 heterocycles. The van der Waals surface area contributed by atoms with Crippen molar-refractivity contribution >= 4 is 12.4 Å². The maximum Gasteiger partial charge on any atom is 0.0621 e. The van der Waals surface area contributed by atoms with Gasteiger partial charge >= 0.3 is 0 Å². The van der Waals surface area contributed by atoms with Crippen LogP contribution in [0.25, 0.3) is 0 Å². The molecule has 0 amide bonds. The minimum atomic E-state index is 0. The average molecular weight is 205 g/mol. The predicted octanol–water partition coefficient (Wildman–Crippen LogP) is 2.88. The van der Waals surface area contributed by atoms with Crippen molar-refractivity contribution in [2.24, 2.45) is 0 Å². The lowest BCUT2D eigenvalue weighted by Crippen LogP contribution is -2.16. The lowest BCUT2D eigenvalue weighted by atomic mass is 10.2. The van der Waals surface area contributed by atoms with Crippen LogP contribution in [0, 0.1) is 11.3 Å². The first kappa shape index (κ1) is 15.2. The zero-order chi connectivity index (χ0) is 9.07. The summed E-state index contributed by atoms with van der Waals surface area (Å²) in [5, 5.41) is 11.6. The normalized spacial score (nSPS) is 8.92. The minimum Gasteiger partial charge on any atom is -0.317 e. The summed E-state index contributed by atoms with van der Waals surface area (Å²) in [7, 11) is 0. The van der Waals surface area contributed by atoms with E-state index >= 15 is 0 Å². The first-order valence-electron chi connectivity index (χ1n) is 4.99. The van der Waals surface area contributed by atoms with E-state index in [1.165, 1.54) is 19.3 Å². The van der Waals surface area contributed by atoms with E-state index in [0.717, 1.165) is 25.9 Å². The Kier molecular flexibility index (Phi) is 16.7. The first-order valence-corrected chi connectivity index (χ1v) is 4.99. The fourth-order valence-electron chi connectivity index (χ4n) is 1.08. The van der Waals surface area contributed by atoms with Gasteiger partial charge in [-0.25, -0.2) is 0 Å². The molecule has 0 aromatic rings. The molecule has 0 radical (unpaired) electrons. The molecule has 0 spiro atoms. The summed E-state index contributed by atoms with van der Waals surface area (Å²) in [6, 6.07) is 2.15. The Balaban J connectivity index is 0. The number of nitriles is 1. The number of nitrogens with one attached hydrogen (secondary N) is 1. The number of hydrogen-bond acceptors (Lipinski definition) is 2. The number of nitrogens with zero attached hydrogens (tertiary/aromatic N) is 1. The maximum atomic E-state index is 8.27. The molecule has 0 rings (SSSR count). The molecule has 3 heteroatoms. The van der Waals surface area contributed by atoms with Gasteiger partial charge in [-0.1, -0.05) is 19.8 Å². The van der Waals surface area contributed by atoms with Crippen LogP contribution in [0.5, 0.6) is 0 Å². The second-order valence-corrected chi connectivity index (χ2v) is 3.07. The van der Waals surface area contributed by atoms with Crippen molar-refractivity contribution in [2.45, 2.75) is 45.4 Å². The fourth-order valence-corrected chi connectivity index (χ4v) is 1.08. The Bertz CT molecular complexity index is 121. The molecule has 0 saturated heterocycles. The molecule has 0 aliphatic carbocycles. The summed E-state index contributed by atoms with van der Waals surface area (Å²) >= 11 is 0. The van der Waals surface area contributed by atoms with Crippen LogP contribution in [-0.4, -0.2) is 13.1 Å². The molecular formula is C10H21ClN2. The van der Waals surface area contributed by atoms with Crippen molar-refractivity contribution in [3.05, 3.63) is 0 Å². The summed E-state index contributed by atoms with van der Waals surface area (Å²) < 4.78 is 0. The van der Waals surface area contributed by atoms with Crippen molar-refractivity contribution in [3.63, 3.8) is 0 Å². The van der Waals surface area contributed by atoms with Gasteiger partial charge in [-0.05, 0) is 32.4 Å². The van der Waals surface area contributed by atoms with Gasteiger partial charge in [-0.2, -0.15) is 5.26 Å². The van der Waals surface area contributed by atoms with E-state index in [-0.39, 0.29) is 12.4 Å². The van der Waals surface area contributed by atoms with E-state index in [1.807, 2.05) is 0 Å². The Hall–Kier alpha value is -0.260. The topological polar surface area (TPSA) is 35.8 Å². The summed E-state index contributed by atoms with van der Waals surface area (Å²) in [4.78, 5) is 0. The van der Waals surface area contributed by atoms with Crippen molar-refractivity contribution in [1.29, 1.82) is 5.26 Å². The van der Waals surface area contributed by atoms with Gasteiger partial charge in [-0.15, -0.1) is 12.4 Å². The SMILES string of the molecule is CCCCCNCCCCC#N.Cl. The summed E-state index contributed by atoms with van der Waals surface area (Å²) in [6.07, 6.45) is 6.78. The third-order valence-electron chi connectivity index (χ3n) is 1.85. The molecule has 1 N–H and O–H groups in total. The molecule has 0 saturated carbocycles. The minimum absolute atomic E-state index is 0. The summed E-state index contributed by atoms with van der Waals surface area (Å²) in [5.74, 6) is 0. The molecule has 0 fully saturated rings. The molecule has 0 atom stereocenters. The number of halogens is 1. The zero-order valence-electron chi connectivity index (χ0n) is 8.51.